The Kier molecular flexibility index (Phi) is 3.56. The molecule has 0 bridgehead atoms. The summed E-state index contributed by atoms with van der Waals surface area (Å²) in [6.45, 7) is 1.67. The Morgan fingerprint density at radius 2 is 2.21 bits per heavy atom. The van der Waals surface area contributed by atoms with Crippen LogP contribution in [0.2, 0.25) is 5.02 Å². The molecular weight excluding hydrogens is 263 g/mol. The quantitative estimate of drug-likeness (QED) is 0.797. The average Bonchev–Trinajstić information content (AvgIpc) is 2.19. The van der Waals surface area contributed by atoms with Gasteiger partial charge in [0.15, 0.2) is 0 Å². The third-order valence-corrected chi connectivity index (χ3v) is 2.72. The number of allylic oxidation sites excluding steroid dienone is 1. The minimum atomic E-state index is 0.446. The molecule has 0 fully saturated rings. The maximum atomic E-state index is 8.69. The van der Waals surface area contributed by atoms with Gasteiger partial charge in [0.1, 0.15) is 0 Å². The van der Waals surface area contributed by atoms with Crippen molar-refractivity contribution in [1.29, 1.82) is 5.26 Å². The van der Waals surface area contributed by atoms with E-state index in [0.29, 0.717) is 16.3 Å². The summed E-state index contributed by atoms with van der Waals surface area (Å²) in [5, 5.41) is 9.28. The summed E-state index contributed by atoms with van der Waals surface area (Å²) in [6, 6.07) is 7.28. The number of rotatable bonds is 1. The number of nitriles is 1. The first-order chi connectivity index (χ1) is 6.56. The molecule has 1 aromatic rings. The van der Waals surface area contributed by atoms with E-state index in [0.717, 1.165) is 10.0 Å². The standard InChI is InChI=1S/C10H8BrClN2/c1-6(5-13)10(14)8-4-7(12)2-3-9(8)11/h2-4H,14H2,1H3/b10-6-. The van der Waals surface area contributed by atoms with Crippen molar-refractivity contribution in [3.63, 3.8) is 0 Å². The third-order valence-electron chi connectivity index (χ3n) is 1.79. The highest BCUT2D eigenvalue weighted by molar-refractivity contribution is 9.10. The lowest BCUT2D eigenvalue weighted by Gasteiger charge is -2.05. The molecule has 0 atom stereocenters. The second-order valence-corrected chi connectivity index (χ2v) is 4.07. The molecule has 2 nitrogen and oxygen atoms in total. The highest BCUT2D eigenvalue weighted by Gasteiger charge is 2.06. The van der Waals surface area contributed by atoms with Crippen LogP contribution in [0.25, 0.3) is 5.70 Å². The first-order valence-corrected chi connectivity index (χ1v) is 5.05. The van der Waals surface area contributed by atoms with Gasteiger partial charge in [-0.3, -0.25) is 0 Å². The van der Waals surface area contributed by atoms with Crippen LogP contribution in [0.5, 0.6) is 0 Å². The van der Waals surface area contributed by atoms with Crippen LogP contribution in [0.3, 0.4) is 0 Å². The predicted octanol–water partition coefficient (Wildman–Crippen LogP) is 3.32. The van der Waals surface area contributed by atoms with E-state index < -0.39 is 0 Å². The van der Waals surface area contributed by atoms with Gasteiger partial charge in [0.2, 0.25) is 0 Å². The third kappa shape index (κ3) is 2.28. The van der Waals surface area contributed by atoms with E-state index in [1.54, 1.807) is 25.1 Å². The Morgan fingerprint density at radius 1 is 1.57 bits per heavy atom. The van der Waals surface area contributed by atoms with Crippen molar-refractivity contribution in [3.8, 4) is 6.07 Å². The largest absolute Gasteiger partial charge is 0.397 e. The monoisotopic (exact) mass is 270 g/mol. The molecule has 0 spiro atoms. The van der Waals surface area contributed by atoms with Crippen molar-refractivity contribution in [2.45, 2.75) is 6.92 Å². The van der Waals surface area contributed by atoms with Crippen LogP contribution in [-0.2, 0) is 0 Å². The van der Waals surface area contributed by atoms with Crippen LogP contribution < -0.4 is 5.73 Å². The second kappa shape index (κ2) is 4.50. The Labute approximate surface area is 96.1 Å². The molecular formula is C10H8BrClN2. The second-order valence-electron chi connectivity index (χ2n) is 2.77. The van der Waals surface area contributed by atoms with Crippen LogP contribution in [0.1, 0.15) is 12.5 Å². The predicted molar refractivity (Wildman–Crippen MR) is 61.5 cm³/mol. The lowest BCUT2D eigenvalue weighted by molar-refractivity contribution is 1.38. The van der Waals surface area contributed by atoms with Crippen LogP contribution in [0, 0.1) is 11.3 Å². The minimum absolute atomic E-state index is 0.446. The lowest BCUT2D eigenvalue weighted by Crippen LogP contribution is -2.00. The van der Waals surface area contributed by atoms with Crippen LogP contribution in [-0.4, -0.2) is 0 Å². The molecule has 4 heteroatoms. The maximum absolute atomic E-state index is 8.69. The number of hydrogen-bond donors (Lipinski definition) is 1. The van der Waals surface area contributed by atoms with Gasteiger partial charge in [-0.15, -0.1) is 0 Å². The Hall–Kier alpha value is -0.980. The summed E-state index contributed by atoms with van der Waals surface area (Å²) in [5.41, 5.74) is 7.46. The van der Waals surface area contributed by atoms with Crippen LogP contribution in [0.15, 0.2) is 28.2 Å². The minimum Gasteiger partial charge on any atom is -0.397 e. The van der Waals surface area contributed by atoms with E-state index in [4.69, 9.17) is 22.6 Å². The lowest BCUT2D eigenvalue weighted by atomic mass is 10.1. The number of nitrogens with zero attached hydrogens (tertiary/aromatic N) is 1. The first kappa shape index (κ1) is 11.1. The molecule has 0 unspecified atom stereocenters. The van der Waals surface area contributed by atoms with E-state index in [9.17, 15) is 0 Å². The Morgan fingerprint density at radius 3 is 2.79 bits per heavy atom. The number of hydrogen-bond acceptors (Lipinski definition) is 2. The van der Waals surface area contributed by atoms with Gasteiger partial charge in [-0.25, -0.2) is 0 Å². The fourth-order valence-electron chi connectivity index (χ4n) is 0.966. The molecule has 0 saturated heterocycles. The van der Waals surface area contributed by atoms with Crippen molar-refractivity contribution >= 4 is 33.2 Å². The normalized spacial score (nSPS) is 11.9. The molecule has 0 saturated carbocycles. The summed E-state index contributed by atoms with van der Waals surface area (Å²) in [5.74, 6) is 0. The molecule has 14 heavy (non-hydrogen) atoms. The zero-order valence-electron chi connectivity index (χ0n) is 7.51. The van der Waals surface area contributed by atoms with Crippen molar-refractivity contribution in [2.24, 2.45) is 5.73 Å². The van der Waals surface area contributed by atoms with Crippen molar-refractivity contribution < 1.29 is 0 Å². The Balaban J connectivity index is 3.34. The highest BCUT2D eigenvalue weighted by atomic mass is 79.9. The van der Waals surface area contributed by atoms with Crippen LogP contribution >= 0.6 is 27.5 Å². The van der Waals surface area contributed by atoms with Gasteiger partial charge in [-0.1, -0.05) is 27.5 Å². The van der Waals surface area contributed by atoms with E-state index >= 15 is 0 Å². The van der Waals surface area contributed by atoms with Gasteiger partial charge in [0.05, 0.1) is 11.8 Å². The van der Waals surface area contributed by atoms with Crippen molar-refractivity contribution in [3.05, 3.63) is 38.8 Å². The molecule has 0 aromatic heterocycles. The summed E-state index contributed by atoms with van der Waals surface area (Å²) in [4.78, 5) is 0. The summed E-state index contributed by atoms with van der Waals surface area (Å²) in [7, 11) is 0. The summed E-state index contributed by atoms with van der Waals surface area (Å²) in [6.07, 6.45) is 0. The maximum Gasteiger partial charge on any atom is 0.0965 e. The van der Waals surface area contributed by atoms with Gasteiger partial charge in [-0.2, -0.15) is 5.26 Å². The molecule has 0 radical (unpaired) electrons. The van der Waals surface area contributed by atoms with Crippen molar-refractivity contribution in [2.75, 3.05) is 0 Å². The number of nitrogens with two attached hydrogens (primary N) is 1. The van der Waals surface area contributed by atoms with E-state index in [2.05, 4.69) is 15.9 Å². The van der Waals surface area contributed by atoms with Gasteiger partial charge < -0.3 is 5.73 Å². The molecule has 1 aromatic carbocycles. The molecule has 0 aliphatic rings. The molecule has 0 aliphatic carbocycles. The molecule has 2 N–H and O–H groups in total. The number of benzene rings is 1. The van der Waals surface area contributed by atoms with E-state index in [-0.39, 0.29) is 0 Å². The summed E-state index contributed by atoms with van der Waals surface area (Å²) >= 11 is 9.17. The van der Waals surface area contributed by atoms with E-state index in [1.165, 1.54) is 0 Å². The SMILES string of the molecule is C/C(C#N)=C(/N)c1cc(Cl)ccc1Br. The molecule has 1 rings (SSSR count). The van der Waals surface area contributed by atoms with Gasteiger partial charge in [-0.05, 0) is 25.1 Å². The first-order valence-electron chi connectivity index (χ1n) is 3.88. The van der Waals surface area contributed by atoms with Crippen LogP contribution in [0.4, 0.5) is 0 Å². The highest BCUT2D eigenvalue weighted by Crippen LogP contribution is 2.26. The summed E-state index contributed by atoms with van der Waals surface area (Å²) < 4.78 is 0.828. The molecule has 0 heterocycles. The smallest absolute Gasteiger partial charge is 0.0965 e. The topological polar surface area (TPSA) is 49.8 Å². The average molecular weight is 272 g/mol. The Bertz CT molecular complexity index is 432. The zero-order chi connectivity index (χ0) is 10.7. The fraction of sp³-hybridized carbons (Fsp3) is 0.100. The zero-order valence-corrected chi connectivity index (χ0v) is 9.85. The van der Waals surface area contributed by atoms with Gasteiger partial charge in [0, 0.05) is 20.6 Å². The van der Waals surface area contributed by atoms with Crippen molar-refractivity contribution in [1.82, 2.24) is 0 Å². The molecule has 0 aliphatic heterocycles. The molecule has 0 amide bonds. The number of halogens is 2. The van der Waals surface area contributed by atoms with Gasteiger partial charge >= 0.3 is 0 Å². The van der Waals surface area contributed by atoms with E-state index in [1.807, 2.05) is 6.07 Å². The molecule has 72 valence electrons. The van der Waals surface area contributed by atoms with Gasteiger partial charge in [0.25, 0.3) is 0 Å². The fourth-order valence-corrected chi connectivity index (χ4v) is 1.60.